The lowest BCUT2D eigenvalue weighted by Gasteiger charge is -2.41. The number of rotatable bonds is 4. The van der Waals surface area contributed by atoms with Gasteiger partial charge in [-0.1, -0.05) is 23.7 Å². The third-order valence-electron chi connectivity index (χ3n) is 4.64. The Balaban J connectivity index is 2.13. The Labute approximate surface area is 161 Å². The van der Waals surface area contributed by atoms with Crippen molar-refractivity contribution >= 4 is 29.5 Å². The van der Waals surface area contributed by atoms with Crippen molar-refractivity contribution in [3.8, 4) is 0 Å². The van der Waals surface area contributed by atoms with Crippen LogP contribution >= 0.6 is 11.6 Å². The van der Waals surface area contributed by atoms with Crippen LogP contribution in [0.15, 0.2) is 36.1 Å². The molecule has 0 amide bonds. The molecule has 1 saturated heterocycles. The zero-order valence-electron chi connectivity index (χ0n) is 14.9. The van der Waals surface area contributed by atoms with E-state index in [2.05, 4.69) is 0 Å². The highest BCUT2D eigenvalue weighted by Crippen LogP contribution is 2.52. The summed E-state index contributed by atoms with van der Waals surface area (Å²) in [4.78, 5) is 36.6. The van der Waals surface area contributed by atoms with Gasteiger partial charge in [0.2, 0.25) is 5.76 Å². The number of hydrogen-bond acceptors (Lipinski definition) is 7. The molecule has 0 radical (unpaired) electrons. The monoisotopic (exact) mass is 394 g/mol. The van der Waals surface area contributed by atoms with E-state index in [1.165, 1.54) is 13.0 Å². The third-order valence-corrected chi connectivity index (χ3v) is 4.89. The van der Waals surface area contributed by atoms with Crippen molar-refractivity contribution in [1.29, 1.82) is 0 Å². The van der Waals surface area contributed by atoms with E-state index in [1.807, 2.05) is 0 Å². The average Bonchev–Trinajstić information content (AvgIpc) is 2.99. The SMILES string of the molecule is CCOC(=O)C1=C[C@H](c2ccc(Cl)cc2)[C@]2(CCOC2=O)C(OC(C)=O)O1. The highest BCUT2D eigenvalue weighted by molar-refractivity contribution is 6.30. The number of ether oxygens (including phenoxy) is 4. The van der Waals surface area contributed by atoms with Gasteiger partial charge in [-0.3, -0.25) is 9.59 Å². The van der Waals surface area contributed by atoms with Crippen LogP contribution in [0.2, 0.25) is 5.02 Å². The van der Waals surface area contributed by atoms with Gasteiger partial charge >= 0.3 is 17.9 Å². The first-order valence-electron chi connectivity index (χ1n) is 8.54. The number of hydrogen-bond donors (Lipinski definition) is 0. The van der Waals surface area contributed by atoms with Gasteiger partial charge in [-0.05, 0) is 30.7 Å². The van der Waals surface area contributed by atoms with Crippen LogP contribution in [0, 0.1) is 5.41 Å². The van der Waals surface area contributed by atoms with Crippen LogP contribution < -0.4 is 0 Å². The van der Waals surface area contributed by atoms with Crippen LogP contribution in [0.1, 0.15) is 31.7 Å². The lowest BCUT2D eigenvalue weighted by atomic mass is 9.68. The van der Waals surface area contributed by atoms with Crippen LogP contribution in [-0.4, -0.2) is 37.4 Å². The van der Waals surface area contributed by atoms with Crippen LogP contribution in [0.4, 0.5) is 0 Å². The average molecular weight is 395 g/mol. The topological polar surface area (TPSA) is 88.1 Å². The maximum atomic E-state index is 12.7. The fourth-order valence-electron chi connectivity index (χ4n) is 3.41. The van der Waals surface area contributed by atoms with E-state index < -0.39 is 35.5 Å². The summed E-state index contributed by atoms with van der Waals surface area (Å²) in [5.41, 5.74) is -0.587. The quantitative estimate of drug-likeness (QED) is 0.573. The number of benzene rings is 1. The highest BCUT2D eigenvalue weighted by Gasteiger charge is 2.61. The van der Waals surface area contributed by atoms with Gasteiger partial charge in [0.1, 0.15) is 0 Å². The first kappa shape index (κ1) is 19.2. The molecule has 8 heteroatoms. The first-order chi connectivity index (χ1) is 12.9. The highest BCUT2D eigenvalue weighted by atomic mass is 35.5. The van der Waals surface area contributed by atoms with E-state index in [1.54, 1.807) is 31.2 Å². The first-order valence-corrected chi connectivity index (χ1v) is 8.91. The summed E-state index contributed by atoms with van der Waals surface area (Å²) in [6, 6.07) is 6.85. The van der Waals surface area contributed by atoms with Crippen molar-refractivity contribution in [1.82, 2.24) is 0 Å². The van der Waals surface area contributed by atoms with Gasteiger partial charge in [0.15, 0.2) is 5.41 Å². The predicted molar refractivity (Wildman–Crippen MR) is 93.6 cm³/mol. The number of halogens is 1. The molecule has 3 rings (SSSR count). The molecule has 144 valence electrons. The minimum atomic E-state index is -1.31. The molecule has 0 aromatic heterocycles. The second-order valence-electron chi connectivity index (χ2n) is 6.27. The number of esters is 3. The van der Waals surface area contributed by atoms with Gasteiger partial charge in [0.25, 0.3) is 6.29 Å². The molecule has 3 atom stereocenters. The Morgan fingerprint density at radius 1 is 1.30 bits per heavy atom. The molecule has 1 fully saturated rings. The van der Waals surface area contributed by atoms with Gasteiger partial charge in [-0.2, -0.15) is 0 Å². The van der Waals surface area contributed by atoms with Gasteiger partial charge in [0, 0.05) is 24.3 Å². The zero-order valence-corrected chi connectivity index (χ0v) is 15.7. The Morgan fingerprint density at radius 3 is 2.56 bits per heavy atom. The largest absolute Gasteiger partial charge is 0.465 e. The molecular weight excluding hydrogens is 376 g/mol. The van der Waals surface area contributed by atoms with E-state index in [4.69, 9.17) is 30.5 Å². The molecule has 1 unspecified atom stereocenters. The molecule has 0 aliphatic carbocycles. The summed E-state index contributed by atoms with van der Waals surface area (Å²) < 4.78 is 21.1. The normalized spacial score (nSPS) is 26.8. The summed E-state index contributed by atoms with van der Waals surface area (Å²) in [7, 11) is 0. The maximum Gasteiger partial charge on any atom is 0.373 e. The van der Waals surface area contributed by atoms with Crippen molar-refractivity contribution in [2.75, 3.05) is 13.2 Å². The second-order valence-corrected chi connectivity index (χ2v) is 6.70. The van der Waals surface area contributed by atoms with Crippen molar-refractivity contribution < 1.29 is 33.3 Å². The van der Waals surface area contributed by atoms with E-state index >= 15 is 0 Å². The van der Waals surface area contributed by atoms with Gasteiger partial charge in [-0.25, -0.2) is 4.79 Å². The Morgan fingerprint density at radius 2 is 2.00 bits per heavy atom. The van der Waals surface area contributed by atoms with E-state index in [-0.39, 0.29) is 25.4 Å². The minimum Gasteiger partial charge on any atom is -0.465 e. The lowest BCUT2D eigenvalue weighted by Crippen LogP contribution is -2.50. The Bertz CT molecular complexity index is 786. The predicted octanol–water partition coefficient (Wildman–Crippen LogP) is 2.72. The molecule has 1 aromatic rings. The molecule has 0 bridgehead atoms. The molecule has 2 aliphatic rings. The molecule has 2 heterocycles. The molecular formula is C19H19ClO7. The summed E-state index contributed by atoms with van der Waals surface area (Å²) in [5, 5.41) is 0.528. The summed E-state index contributed by atoms with van der Waals surface area (Å²) in [6.45, 7) is 3.18. The minimum absolute atomic E-state index is 0.117. The van der Waals surface area contributed by atoms with Crippen LogP contribution in [0.3, 0.4) is 0 Å². The van der Waals surface area contributed by atoms with Gasteiger partial charge in [-0.15, -0.1) is 0 Å². The Kier molecular flexibility index (Phi) is 5.41. The lowest BCUT2D eigenvalue weighted by molar-refractivity contribution is -0.211. The van der Waals surface area contributed by atoms with Crippen LogP contribution in [0.5, 0.6) is 0 Å². The summed E-state index contributed by atoms with van der Waals surface area (Å²) >= 11 is 5.97. The van der Waals surface area contributed by atoms with Gasteiger partial charge in [0.05, 0.1) is 13.2 Å². The fraction of sp³-hybridized carbons (Fsp3) is 0.421. The molecule has 0 N–H and O–H groups in total. The van der Waals surface area contributed by atoms with Crippen molar-refractivity contribution in [2.24, 2.45) is 5.41 Å². The molecule has 2 aliphatic heterocycles. The van der Waals surface area contributed by atoms with Crippen LogP contribution in [-0.2, 0) is 33.3 Å². The smallest absolute Gasteiger partial charge is 0.373 e. The summed E-state index contributed by atoms with van der Waals surface area (Å²) in [6.07, 6.45) is 0.479. The van der Waals surface area contributed by atoms with E-state index in [9.17, 15) is 14.4 Å². The van der Waals surface area contributed by atoms with Crippen molar-refractivity contribution in [3.05, 3.63) is 46.7 Å². The van der Waals surface area contributed by atoms with E-state index in [0.717, 1.165) is 0 Å². The number of allylic oxidation sites excluding steroid dienone is 1. The standard InChI is InChI=1S/C19H19ClO7/c1-3-24-16(22)15-10-14(12-4-6-13(20)7-5-12)19(8-9-25-17(19)23)18(27-15)26-11(2)21/h4-7,10,14,18H,3,8-9H2,1-2H3/t14-,18?,19+/m1/s1. The van der Waals surface area contributed by atoms with Crippen molar-refractivity contribution in [3.63, 3.8) is 0 Å². The Hall–Kier alpha value is -2.54. The van der Waals surface area contributed by atoms with Crippen molar-refractivity contribution in [2.45, 2.75) is 32.5 Å². The number of carbonyl (C=O) groups is 3. The molecule has 1 aromatic carbocycles. The zero-order chi connectivity index (χ0) is 19.6. The molecule has 27 heavy (non-hydrogen) atoms. The third kappa shape index (κ3) is 3.51. The molecule has 7 nitrogen and oxygen atoms in total. The van der Waals surface area contributed by atoms with Crippen LogP contribution in [0.25, 0.3) is 0 Å². The van der Waals surface area contributed by atoms with Gasteiger partial charge < -0.3 is 18.9 Å². The molecule has 0 saturated carbocycles. The number of cyclic esters (lactones) is 1. The molecule has 1 spiro atoms. The second kappa shape index (κ2) is 7.60. The maximum absolute atomic E-state index is 12.7. The van der Waals surface area contributed by atoms with E-state index in [0.29, 0.717) is 10.6 Å². The fourth-order valence-corrected chi connectivity index (χ4v) is 3.54. The summed E-state index contributed by atoms with van der Waals surface area (Å²) in [5.74, 6) is -2.63. The number of carbonyl (C=O) groups excluding carboxylic acids is 3.